The maximum Gasteiger partial charge on any atom is 0.104 e. The van der Waals surface area contributed by atoms with Gasteiger partial charge in [-0.15, -0.1) is 0 Å². The van der Waals surface area contributed by atoms with Crippen molar-refractivity contribution in [3.8, 4) is 0 Å². The van der Waals surface area contributed by atoms with Gasteiger partial charge in [0.25, 0.3) is 0 Å². The first kappa shape index (κ1) is 49.1. The van der Waals surface area contributed by atoms with Crippen molar-refractivity contribution < 1.29 is 39.3 Å². The lowest BCUT2D eigenvalue weighted by Crippen LogP contribution is -3.00. The number of rotatable bonds is 8. The molecule has 0 aliphatic rings. The highest BCUT2D eigenvalue weighted by molar-refractivity contribution is 5.14. The van der Waals surface area contributed by atoms with Gasteiger partial charge in [-0.1, -0.05) is 104 Å². The highest BCUT2D eigenvalue weighted by Gasteiger charge is 2.14. The number of quaternary nitrogens is 2. The molecule has 0 atom stereocenters. The van der Waals surface area contributed by atoms with Crippen LogP contribution in [0.4, 0.5) is 0 Å². The van der Waals surface area contributed by atoms with E-state index >= 15 is 0 Å². The summed E-state index contributed by atoms with van der Waals surface area (Å²) in [6, 6.07) is 21.4. The Labute approximate surface area is 221 Å². The third kappa shape index (κ3) is 23.8. The molecular formula is C28H57Cl2N2O-. The molecule has 2 rings (SSSR count). The lowest BCUT2D eigenvalue weighted by molar-refractivity contribution is -0.903. The van der Waals surface area contributed by atoms with Crippen LogP contribution >= 0.6 is 0 Å². The van der Waals surface area contributed by atoms with E-state index in [2.05, 4.69) is 103 Å². The van der Waals surface area contributed by atoms with E-state index in [-0.39, 0.29) is 60.0 Å². The summed E-state index contributed by atoms with van der Waals surface area (Å²) in [5.74, 6) is 0. The standard InChI is InChI=1S/2C12H20N.4CH4.2ClH.H2O/c2*1-4-10-13(2,3)11-12-8-6-5-7-9-12;;;;;;;/h2*5-9H,4,10-11H2,1-3H3;4*1H4;2*1H;1H2/q2*+1;;;;;;;/p-3. The number of hydrogen-bond donors (Lipinski definition) is 0. The minimum absolute atomic E-state index is 0. The van der Waals surface area contributed by atoms with Crippen LogP contribution in [0.2, 0.25) is 0 Å². The Balaban J connectivity index is -0.0000000676. The Hall–Kier alpha value is -1.10. The van der Waals surface area contributed by atoms with Crippen LogP contribution in [0.1, 0.15) is 67.5 Å². The van der Waals surface area contributed by atoms with Gasteiger partial charge in [0, 0.05) is 11.1 Å². The minimum Gasteiger partial charge on any atom is -1.00 e. The van der Waals surface area contributed by atoms with Crippen LogP contribution in [0.5, 0.6) is 0 Å². The first-order valence-corrected chi connectivity index (χ1v) is 10.00. The van der Waals surface area contributed by atoms with Gasteiger partial charge in [-0.05, 0) is 12.8 Å². The minimum atomic E-state index is 0. The monoisotopic (exact) mass is 507 g/mol. The lowest BCUT2D eigenvalue weighted by Gasteiger charge is -2.29. The van der Waals surface area contributed by atoms with Crippen molar-refractivity contribution in [2.75, 3.05) is 41.3 Å². The fraction of sp³-hybridized carbons (Fsp3) is 0.571. The van der Waals surface area contributed by atoms with Gasteiger partial charge >= 0.3 is 0 Å². The first-order valence-electron chi connectivity index (χ1n) is 10.00. The Morgan fingerprint density at radius 2 is 0.758 bits per heavy atom. The third-order valence-electron chi connectivity index (χ3n) is 4.56. The zero-order valence-corrected chi connectivity index (χ0v) is 20.6. The van der Waals surface area contributed by atoms with Crippen molar-refractivity contribution in [3.05, 3.63) is 71.8 Å². The number of nitrogens with zero attached hydrogens (tertiary/aromatic N) is 2. The normalized spacial score (nSPS) is 9.15. The summed E-state index contributed by atoms with van der Waals surface area (Å²) in [7, 11) is 9.15. The molecule has 0 aliphatic carbocycles. The predicted octanol–water partition coefficient (Wildman–Crippen LogP) is 1.72. The van der Waals surface area contributed by atoms with Crippen molar-refractivity contribution in [3.63, 3.8) is 0 Å². The van der Waals surface area contributed by atoms with Gasteiger partial charge in [0.1, 0.15) is 13.1 Å². The molecule has 0 aliphatic heterocycles. The van der Waals surface area contributed by atoms with Crippen molar-refractivity contribution >= 4 is 0 Å². The molecule has 0 unspecified atom stereocenters. The van der Waals surface area contributed by atoms with Crippen LogP contribution in [0, 0.1) is 0 Å². The van der Waals surface area contributed by atoms with E-state index in [1.807, 2.05) is 0 Å². The molecule has 0 aromatic heterocycles. The molecule has 2 aromatic rings. The van der Waals surface area contributed by atoms with E-state index < -0.39 is 0 Å². The Morgan fingerprint density at radius 1 is 0.515 bits per heavy atom. The van der Waals surface area contributed by atoms with Crippen molar-refractivity contribution in [2.45, 2.75) is 69.5 Å². The van der Waals surface area contributed by atoms with Crippen molar-refractivity contribution in [2.24, 2.45) is 0 Å². The van der Waals surface area contributed by atoms with Gasteiger partial charge in [-0.2, -0.15) is 0 Å². The second-order valence-electron chi connectivity index (χ2n) is 8.61. The van der Waals surface area contributed by atoms with Crippen LogP contribution < -0.4 is 24.8 Å². The number of hydrogen-bond acceptors (Lipinski definition) is 1. The van der Waals surface area contributed by atoms with Crippen LogP contribution in [0.3, 0.4) is 0 Å². The van der Waals surface area contributed by atoms with E-state index in [1.165, 1.54) is 37.1 Å². The summed E-state index contributed by atoms with van der Waals surface area (Å²) in [6.45, 7) is 9.24. The Bertz CT molecular complexity index is 550. The van der Waals surface area contributed by atoms with Crippen molar-refractivity contribution in [1.82, 2.24) is 0 Å². The van der Waals surface area contributed by atoms with Gasteiger partial charge in [-0.25, -0.2) is 0 Å². The first-order chi connectivity index (χ1) is 12.3. The summed E-state index contributed by atoms with van der Waals surface area (Å²) < 4.78 is 2.17. The summed E-state index contributed by atoms with van der Waals surface area (Å²) in [4.78, 5) is 0. The van der Waals surface area contributed by atoms with Gasteiger partial charge in [0.15, 0.2) is 0 Å². The molecule has 0 heterocycles. The summed E-state index contributed by atoms with van der Waals surface area (Å²) in [5, 5.41) is 0. The van der Waals surface area contributed by atoms with Crippen LogP contribution in [-0.2, 0) is 13.1 Å². The molecule has 0 saturated heterocycles. The highest BCUT2D eigenvalue weighted by Crippen LogP contribution is 2.10. The second kappa shape index (κ2) is 25.5. The molecule has 0 fully saturated rings. The second-order valence-corrected chi connectivity index (χ2v) is 8.61. The van der Waals surface area contributed by atoms with E-state index in [0.29, 0.717) is 0 Å². The Morgan fingerprint density at radius 3 is 0.970 bits per heavy atom. The average molecular weight is 509 g/mol. The molecule has 0 saturated carbocycles. The molecule has 0 radical (unpaired) electrons. The molecule has 2 aromatic carbocycles. The topological polar surface area (TPSA) is 30.0 Å². The number of benzene rings is 2. The zero-order valence-electron chi connectivity index (χ0n) is 19.1. The third-order valence-corrected chi connectivity index (χ3v) is 4.56. The molecule has 33 heavy (non-hydrogen) atoms. The predicted molar refractivity (Wildman–Crippen MR) is 144 cm³/mol. The van der Waals surface area contributed by atoms with Gasteiger partial charge in [-0.3, -0.25) is 0 Å². The van der Waals surface area contributed by atoms with E-state index in [4.69, 9.17) is 0 Å². The molecule has 200 valence electrons. The average Bonchev–Trinajstić information content (AvgIpc) is 2.56. The quantitative estimate of drug-likeness (QED) is 0.500. The smallest absolute Gasteiger partial charge is 0.104 e. The molecule has 3 nitrogen and oxygen atoms in total. The fourth-order valence-electron chi connectivity index (χ4n) is 3.52. The van der Waals surface area contributed by atoms with Crippen molar-refractivity contribution in [1.29, 1.82) is 0 Å². The number of halogens is 2. The molecule has 0 amide bonds. The Kier molecular flexibility index (Phi) is 38.0. The SMILES string of the molecule is C.C.C.C.CCC[N+](C)(C)Cc1ccccc1.CCC[N+](C)(C)Cc1ccccc1.[Cl-].[Cl-].[OH-]. The van der Waals surface area contributed by atoms with Gasteiger partial charge in [0.2, 0.25) is 0 Å². The fourth-order valence-corrected chi connectivity index (χ4v) is 3.52. The molecule has 5 heteroatoms. The summed E-state index contributed by atoms with van der Waals surface area (Å²) in [6.07, 6.45) is 2.50. The van der Waals surface area contributed by atoms with Gasteiger partial charge < -0.3 is 39.3 Å². The highest BCUT2D eigenvalue weighted by atomic mass is 35.5. The van der Waals surface area contributed by atoms with E-state index in [0.717, 1.165) is 22.1 Å². The van der Waals surface area contributed by atoms with E-state index in [9.17, 15) is 0 Å². The summed E-state index contributed by atoms with van der Waals surface area (Å²) in [5.41, 5.74) is 2.86. The van der Waals surface area contributed by atoms with Crippen LogP contribution in [0.15, 0.2) is 60.7 Å². The largest absolute Gasteiger partial charge is 1.00 e. The van der Waals surface area contributed by atoms with Gasteiger partial charge in [0.05, 0.1) is 41.3 Å². The molecule has 1 N–H and O–H groups in total. The maximum atomic E-state index is 2.29. The maximum absolute atomic E-state index is 2.29. The zero-order chi connectivity index (χ0) is 19.5. The summed E-state index contributed by atoms with van der Waals surface area (Å²) >= 11 is 0. The van der Waals surface area contributed by atoms with Crippen LogP contribution in [-0.4, -0.2) is 55.7 Å². The van der Waals surface area contributed by atoms with E-state index in [1.54, 1.807) is 0 Å². The lowest BCUT2D eigenvalue weighted by atomic mass is 10.2. The molecule has 0 spiro atoms. The molecular weight excluding hydrogens is 451 g/mol. The van der Waals surface area contributed by atoms with Crippen LogP contribution in [0.25, 0.3) is 0 Å². The molecule has 0 bridgehead atoms.